The average molecular weight is 306 g/mol. The predicted molar refractivity (Wildman–Crippen MR) is 85.3 cm³/mol. The molecule has 0 radical (unpaired) electrons. The molecule has 2 aromatic rings. The molecule has 0 spiro atoms. The Morgan fingerprint density at radius 1 is 1.45 bits per heavy atom. The molecular formula is C14H18N4S2. The van der Waals surface area contributed by atoms with Crippen LogP contribution in [0, 0.1) is 18.3 Å². The third-order valence-corrected chi connectivity index (χ3v) is 6.28. The molecule has 6 heteroatoms. The monoisotopic (exact) mass is 306 g/mol. The van der Waals surface area contributed by atoms with Crippen molar-refractivity contribution in [2.24, 2.45) is 11.3 Å². The number of aryl methyl sites for hydroxylation is 1. The number of nitrogen functional groups attached to an aromatic ring is 1. The summed E-state index contributed by atoms with van der Waals surface area (Å²) in [5, 5.41) is 7.73. The SMILES string of the molecule is Cc1csc(-c2c(N)nsc2NCC2(C3CC3)CC2)n1. The summed E-state index contributed by atoms with van der Waals surface area (Å²) < 4.78 is 4.31. The third-order valence-electron chi connectivity index (χ3n) is 4.49. The zero-order valence-corrected chi connectivity index (χ0v) is 13.1. The lowest BCUT2D eigenvalue weighted by molar-refractivity contribution is 0.467. The minimum atomic E-state index is 0.578. The van der Waals surface area contributed by atoms with Crippen LogP contribution < -0.4 is 11.1 Å². The van der Waals surface area contributed by atoms with Gasteiger partial charge in [-0.3, -0.25) is 0 Å². The molecule has 4 rings (SSSR count). The molecule has 0 amide bonds. The van der Waals surface area contributed by atoms with Crippen LogP contribution in [0.1, 0.15) is 31.4 Å². The second-order valence-corrected chi connectivity index (χ2v) is 7.69. The molecule has 2 saturated carbocycles. The first-order chi connectivity index (χ1) is 9.68. The number of nitrogens with one attached hydrogen (secondary N) is 1. The van der Waals surface area contributed by atoms with Crippen LogP contribution in [0.15, 0.2) is 5.38 Å². The van der Waals surface area contributed by atoms with Crippen LogP contribution >= 0.6 is 22.9 Å². The molecule has 0 bridgehead atoms. The summed E-state index contributed by atoms with van der Waals surface area (Å²) in [6.45, 7) is 3.08. The van der Waals surface area contributed by atoms with Gasteiger partial charge < -0.3 is 11.1 Å². The lowest BCUT2D eigenvalue weighted by Gasteiger charge is -2.15. The van der Waals surface area contributed by atoms with Crippen molar-refractivity contribution < 1.29 is 0 Å². The van der Waals surface area contributed by atoms with Gasteiger partial charge in [-0.25, -0.2) is 4.98 Å². The predicted octanol–water partition coefficient (Wildman–Crippen LogP) is 3.76. The van der Waals surface area contributed by atoms with E-state index in [1.54, 1.807) is 11.3 Å². The van der Waals surface area contributed by atoms with Gasteiger partial charge in [0.25, 0.3) is 0 Å². The highest BCUT2D eigenvalue weighted by Crippen LogP contribution is 2.61. The van der Waals surface area contributed by atoms with Crippen LogP contribution in [-0.2, 0) is 0 Å². The zero-order chi connectivity index (χ0) is 13.7. The summed E-state index contributed by atoms with van der Waals surface area (Å²) in [6.07, 6.45) is 5.60. The minimum absolute atomic E-state index is 0.578. The van der Waals surface area contributed by atoms with Gasteiger partial charge in [0.1, 0.15) is 15.8 Å². The number of aromatic nitrogens is 2. The van der Waals surface area contributed by atoms with E-state index in [2.05, 4.69) is 20.1 Å². The van der Waals surface area contributed by atoms with Gasteiger partial charge in [0.15, 0.2) is 0 Å². The summed E-state index contributed by atoms with van der Waals surface area (Å²) in [7, 11) is 0. The quantitative estimate of drug-likeness (QED) is 0.883. The molecule has 0 saturated heterocycles. The van der Waals surface area contributed by atoms with Crippen molar-refractivity contribution >= 4 is 33.7 Å². The molecule has 2 aliphatic carbocycles. The minimum Gasteiger partial charge on any atom is -0.382 e. The fourth-order valence-electron chi connectivity index (χ4n) is 2.94. The average Bonchev–Trinajstić information content (AvgIpc) is 3.32. The molecular weight excluding hydrogens is 288 g/mol. The number of nitrogens with two attached hydrogens (primary N) is 1. The van der Waals surface area contributed by atoms with E-state index in [9.17, 15) is 0 Å². The van der Waals surface area contributed by atoms with Crippen molar-refractivity contribution in [2.45, 2.75) is 32.6 Å². The Kier molecular flexibility index (Phi) is 2.79. The number of hydrogen-bond donors (Lipinski definition) is 2. The fourth-order valence-corrected chi connectivity index (χ4v) is 4.57. The largest absolute Gasteiger partial charge is 0.382 e. The van der Waals surface area contributed by atoms with Gasteiger partial charge in [-0.1, -0.05) is 0 Å². The topological polar surface area (TPSA) is 63.8 Å². The van der Waals surface area contributed by atoms with Crippen molar-refractivity contribution in [1.82, 2.24) is 9.36 Å². The molecule has 3 N–H and O–H groups in total. The Morgan fingerprint density at radius 2 is 2.25 bits per heavy atom. The van der Waals surface area contributed by atoms with Crippen LogP contribution in [0.2, 0.25) is 0 Å². The first-order valence-electron chi connectivity index (χ1n) is 7.09. The molecule has 2 aromatic heterocycles. The van der Waals surface area contributed by atoms with Gasteiger partial charge in [-0.2, -0.15) is 4.37 Å². The lowest BCUT2D eigenvalue weighted by Crippen LogP contribution is -2.17. The van der Waals surface area contributed by atoms with E-state index in [1.165, 1.54) is 37.2 Å². The molecule has 106 valence electrons. The van der Waals surface area contributed by atoms with Crippen LogP contribution in [0.4, 0.5) is 10.8 Å². The van der Waals surface area contributed by atoms with E-state index in [0.717, 1.165) is 33.7 Å². The van der Waals surface area contributed by atoms with Gasteiger partial charge >= 0.3 is 0 Å². The Morgan fingerprint density at radius 3 is 2.85 bits per heavy atom. The Labute approximate surface area is 126 Å². The summed E-state index contributed by atoms with van der Waals surface area (Å²) in [4.78, 5) is 4.55. The zero-order valence-electron chi connectivity index (χ0n) is 11.5. The maximum Gasteiger partial charge on any atom is 0.149 e. The van der Waals surface area contributed by atoms with Crippen molar-refractivity contribution in [1.29, 1.82) is 0 Å². The molecule has 0 unspecified atom stereocenters. The van der Waals surface area contributed by atoms with E-state index in [4.69, 9.17) is 5.73 Å². The smallest absolute Gasteiger partial charge is 0.149 e. The first kappa shape index (κ1) is 12.6. The second kappa shape index (κ2) is 4.43. The molecule has 20 heavy (non-hydrogen) atoms. The van der Waals surface area contributed by atoms with E-state index >= 15 is 0 Å². The van der Waals surface area contributed by atoms with Gasteiger partial charge in [0.05, 0.1) is 5.56 Å². The number of thiazole rings is 1. The highest BCUT2D eigenvalue weighted by molar-refractivity contribution is 7.15. The van der Waals surface area contributed by atoms with Gasteiger partial charge in [0, 0.05) is 17.6 Å². The van der Waals surface area contributed by atoms with Gasteiger partial charge in [0.2, 0.25) is 0 Å². The molecule has 0 aliphatic heterocycles. The van der Waals surface area contributed by atoms with E-state index in [1.807, 2.05) is 6.92 Å². The first-order valence-corrected chi connectivity index (χ1v) is 8.75. The molecule has 2 fully saturated rings. The maximum atomic E-state index is 6.04. The Balaban J connectivity index is 1.56. The van der Waals surface area contributed by atoms with Crippen molar-refractivity contribution in [2.75, 3.05) is 17.6 Å². The molecule has 2 heterocycles. The highest BCUT2D eigenvalue weighted by atomic mass is 32.1. The fraction of sp³-hybridized carbons (Fsp3) is 0.571. The second-order valence-electron chi connectivity index (χ2n) is 6.06. The highest BCUT2D eigenvalue weighted by Gasteiger charge is 2.53. The van der Waals surface area contributed by atoms with Crippen LogP contribution in [0.25, 0.3) is 10.6 Å². The Bertz CT molecular complexity index is 637. The van der Waals surface area contributed by atoms with Crippen LogP contribution in [0.3, 0.4) is 0 Å². The van der Waals surface area contributed by atoms with E-state index in [0.29, 0.717) is 11.2 Å². The summed E-state index contributed by atoms with van der Waals surface area (Å²) in [6, 6.07) is 0. The summed E-state index contributed by atoms with van der Waals surface area (Å²) in [5.41, 5.74) is 8.65. The molecule has 4 nitrogen and oxygen atoms in total. The van der Waals surface area contributed by atoms with Crippen molar-refractivity contribution in [3.8, 4) is 10.6 Å². The molecule has 0 atom stereocenters. The third kappa shape index (κ3) is 2.11. The van der Waals surface area contributed by atoms with Crippen LogP contribution in [-0.4, -0.2) is 15.9 Å². The molecule has 2 aliphatic rings. The van der Waals surface area contributed by atoms with Crippen molar-refractivity contribution in [3.05, 3.63) is 11.1 Å². The summed E-state index contributed by atoms with van der Waals surface area (Å²) in [5.74, 6) is 1.56. The number of nitrogens with zero attached hydrogens (tertiary/aromatic N) is 2. The maximum absolute atomic E-state index is 6.04. The number of hydrogen-bond acceptors (Lipinski definition) is 6. The standard InChI is InChI=1S/C14H18N4S2/c1-8-6-19-13(17-8)10-11(15)18-20-12(10)16-7-14(4-5-14)9-2-3-9/h6,9,16H,2-5,7H2,1H3,(H2,15,18). The lowest BCUT2D eigenvalue weighted by atomic mass is 10.0. The number of anilines is 2. The number of rotatable bonds is 5. The van der Waals surface area contributed by atoms with Crippen molar-refractivity contribution in [3.63, 3.8) is 0 Å². The summed E-state index contributed by atoms with van der Waals surface area (Å²) >= 11 is 3.10. The van der Waals surface area contributed by atoms with Gasteiger partial charge in [-0.05, 0) is 55.5 Å². The van der Waals surface area contributed by atoms with E-state index < -0.39 is 0 Å². The normalized spacial score (nSPS) is 20.1. The van der Waals surface area contributed by atoms with Gasteiger partial charge in [-0.15, -0.1) is 11.3 Å². The van der Waals surface area contributed by atoms with Crippen LogP contribution in [0.5, 0.6) is 0 Å². The van der Waals surface area contributed by atoms with E-state index in [-0.39, 0.29) is 0 Å². The Hall–Kier alpha value is -1.14. The molecule has 0 aromatic carbocycles.